The average Bonchev–Trinajstić information content (AvgIpc) is 3.02. The van der Waals surface area contributed by atoms with E-state index < -0.39 is 11.8 Å². The van der Waals surface area contributed by atoms with Crippen molar-refractivity contribution in [1.82, 2.24) is 15.1 Å². The molecule has 1 aliphatic rings. The van der Waals surface area contributed by atoms with E-state index in [1.54, 1.807) is 12.1 Å². The summed E-state index contributed by atoms with van der Waals surface area (Å²) in [5.74, 6) is -0.802. The van der Waals surface area contributed by atoms with E-state index in [1.807, 2.05) is 49.4 Å². The van der Waals surface area contributed by atoms with E-state index >= 15 is 0 Å². The van der Waals surface area contributed by atoms with Gasteiger partial charge in [0.1, 0.15) is 11.0 Å². The van der Waals surface area contributed by atoms with E-state index in [0.29, 0.717) is 27.5 Å². The molecular formula is C19H12N4O2. The highest BCUT2D eigenvalue weighted by molar-refractivity contribution is 6.32. The van der Waals surface area contributed by atoms with E-state index in [1.165, 1.54) is 4.79 Å². The predicted octanol–water partition coefficient (Wildman–Crippen LogP) is 2.83. The molecule has 0 spiro atoms. The molecule has 0 saturated heterocycles. The van der Waals surface area contributed by atoms with Crippen molar-refractivity contribution in [1.29, 1.82) is 0 Å². The van der Waals surface area contributed by atoms with Crippen molar-refractivity contribution in [3.05, 3.63) is 71.3 Å². The summed E-state index contributed by atoms with van der Waals surface area (Å²) in [7, 11) is 0. The van der Waals surface area contributed by atoms with Crippen LogP contribution in [0.25, 0.3) is 21.8 Å². The first-order valence-corrected chi connectivity index (χ1v) is 7.88. The molecule has 5 rings (SSSR count). The summed E-state index contributed by atoms with van der Waals surface area (Å²) in [6, 6.07) is 16.5. The summed E-state index contributed by atoms with van der Waals surface area (Å²) in [6.45, 7) is 1.95. The second kappa shape index (κ2) is 4.73. The molecule has 0 aliphatic carbocycles. The molecular weight excluding hydrogens is 316 g/mol. The van der Waals surface area contributed by atoms with Gasteiger partial charge < -0.3 is 0 Å². The van der Waals surface area contributed by atoms with Crippen molar-refractivity contribution >= 4 is 33.6 Å². The van der Waals surface area contributed by atoms with Gasteiger partial charge in [-0.05, 0) is 47.4 Å². The molecule has 6 nitrogen and oxygen atoms in total. The Kier molecular flexibility index (Phi) is 2.62. The van der Waals surface area contributed by atoms with Gasteiger partial charge in [0.25, 0.3) is 11.8 Å². The number of aromatic nitrogens is 3. The lowest BCUT2D eigenvalue weighted by atomic mass is 9.95. The van der Waals surface area contributed by atoms with Gasteiger partial charge in [-0.15, -0.1) is 9.89 Å². The molecule has 2 amide bonds. The first-order valence-electron chi connectivity index (χ1n) is 7.88. The Labute approximate surface area is 142 Å². The standard InChI is InChI=1S/C19H12N4O2/c1-11-8-9-16-15(10-11)20-21-23(16)22-18(24)13-6-2-4-12-5-3-7-14(17(12)13)19(22)25/h2-10H,1H3. The molecule has 3 aromatic carbocycles. The molecule has 120 valence electrons. The van der Waals surface area contributed by atoms with Crippen LogP contribution in [0, 0.1) is 6.92 Å². The Balaban J connectivity index is 1.78. The Morgan fingerprint density at radius 3 is 2.24 bits per heavy atom. The van der Waals surface area contributed by atoms with Crippen molar-refractivity contribution in [2.75, 3.05) is 5.01 Å². The maximum absolute atomic E-state index is 13.0. The van der Waals surface area contributed by atoms with Gasteiger partial charge in [-0.1, -0.05) is 30.3 Å². The van der Waals surface area contributed by atoms with Crippen LogP contribution >= 0.6 is 0 Å². The van der Waals surface area contributed by atoms with Crippen LogP contribution in [0.2, 0.25) is 0 Å². The van der Waals surface area contributed by atoms with Crippen molar-refractivity contribution < 1.29 is 9.59 Å². The molecule has 1 aliphatic heterocycles. The van der Waals surface area contributed by atoms with E-state index in [2.05, 4.69) is 10.3 Å². The Morgan fingerprint density at radius 1 is 0.880 bits per heavy atom. The van der Waals surface area contributed by atoms with Crippen LogP contribution < -0.4 is 5.01 Å². The monoisotopic (exact) mass is 328 g/mol. The fraction of sp³-hybridized carbons (Fsp3) is 0.0526. The van der Waals surface area contributed by atoms with Gasteiger partial charge >= 0.3 is 0 Å². The lowest BCUT2D eigenvalue weighted by Crippen LogP contribution is -2.48. The van der Waals surface area contributed by atoms with Crippen LogP contribution in [0.4, 0.5) is 0 Å². The number of benzene rings is 3. The maximum atomic E-state index is 13.0. The van der Waals surface area contributed by atoms with Crippen LogP contribution in [0.3, 0.4) is 0 Å². The molecule has 4 aromatic rings. The topological polar surface area (TPSA) is 68.1 Å². The predicted molar refractivity (Wildman–Crippen MR) is 93.1 cm³/mol. The Bertz CT molecular complexity index is 1160. The van der Waals surface area contributed by atoms with Crippen LogP contribution in [-0.2, 0) is 0 Å². The lowest BCUT2D eigenvalue weighted by Gasteiger charge is -2.26. The summed E-state index contributed by atoms with van der Waals surface area (Å²) >= 11 is 0. The van der Waals surface area contributed by atoms with E-state index in [-0.39, 0.29) is 0 Å². The molecule has 0 radical (unpaired) electrons. The Hall–Kier alpha value is -3.54. The van der Waals surface area contributed by atoms with E-state index in [0.717, 1.165) is 16.0 Å². The van der Waals surface area contributed by atoms with Crippen LogP contribution in [0.5, 0.6) is 0 Å². The third-order valence-corrected chi connectivity index (χ3v) is 4.52. The van der Waals surface area contributed by atoms with Gasteiger partial charge in [0, 0.05) is 5.39 Å². The number of amides is 2. The van der Waals surface area contributed by atoms with Gasteiger partial charge in [0.2, 0.25) is 0 Å². The van der Waals surface area contributed by atoms with E-state index in [4.69, 9.17) is 0 Å². The fourth-order valence-corrected chi connectivity index (χ4v) is 3.36. The summed E-state index contributed by atoms with van der Waals surface area (Å²) in [6.07, 6.45) is 0. The van der Waals surface area contributed by atoms with Crippen LogP contribution in [0.1, 0.15) is 26.3 Å². The number of hydrogen-bond donors (Lipinski definition) is 0. The molecule has 0 unspecified atom stereocenters. The van der Waals surface area contributed by atoms with Crippen molar-refractivity contribution in [3.63, 3.8) is 0 Å². The Morgan fingerprint density at radius 2 is 1.56 bits per heavy atom. The minimum absolute atomic E-state index is 0.401. The van der Waals surface area contributed by atoms with Crippen molar-refractivity contribution in [2.24, 2.45) is 0 Å². The normalized spacial score (nSPS) is 13.9. The third kappa shape index (κ3) is 1.79. The first kappa shape index (κ1) is 13.9. The summed E-state index contributed by atoms with van der Waals surface area (Å²) in [5.41, 5.74) is 3.26. The molecule has 1 aromatic heterocycles. The number of hydrogen-bond acceptors (Lipinski definition) is 4. The zero-order chi connectivity index (χ0) is 17.1. The van der Waals surface area contributed by atoms with Gasteiger partial charge in [-0.25, -0.2) is 0 Å². The number of aryl methyl sites for hydroxylation is 1. The summed E-state index contributed by atoms with van der Waals surface area (Å²) in [5, 5.41) is 10.8. The number of nitrogens with zero attached hydrogens (tertiary/aromatic N) is 4. The molecule has 0 N–H and O–H groups in total. The zero-order valence-corrected chi connectivity index (χ0v) is 13.3. The first-order chi connectivity index (χ1) is 12.1. The van der Waals surface area contributed by atoms with Crippen LogP contribution in [-0.4, -0.2) is 26.9 Å². The van der Waals surface area contributed by atoms with Gasteiger partial charge in [-0.3, -0.25) is 9.59 Å². The quantitative estimate of drug-likeness (QED) is 0.504. The number of rotatable bonds is 1. The number of carbonyl (C=O) groups excluding carboxylic acids is 2. The molecule has 0 atom stereocenters. The summed E-state index contributed by atoms with van der Waals surface area (Å²) < 4.78 is 0. The minimum Gasteiger partial charge on any atom is -0.267 e. The highest BCUT2D eigenvalue weighted by atomic mass is 16.2. The van der Waals surface area contributed by atoms with Gasteiger partial charge in [-0.2, -0.15) is 5.01 Å². The largest absolute Gasteiger partial charge is 0.282 e. The van der Waals surface area contributed by atoms with Crippen molar-refractivity contribution in [3.8, 4) is 0 Å². The molecule has 0 saturated carbocycles. The van der Waals surface area contributed by atoms with Crippen molar-refractivity contribution in [2.45, 2.75) is 6.92 Å². The molecule has 2 heterocycles. The number of imide groups is 1. The second-order valence-electron chi connectivity index (χ2n) is 6.10. The molecule has 0 fully saturated rings. The zero-order valence-electron chi connectivity index (χ0n) is 13.3. The maximum Gasteiger partial charge on any atom is 0.282 e. The molecule has 6 heteroatoms. The second-order valence-corrected chi connectivity index (χ2v) is 6.10. The fourth-order valence-electron chi connectivity index (χ4n) is 3.36. The molecule has 25 heavy (non-hydrogen) atoms. The third-order valence-electron chi connectivity index (χ3n) is 4.52. The van der Waals surface area contributed by atoms with E-state index in [9.17, 15) is 9.59 Å². The smallest absolute Gasteiger partial charge is 0.267 e. The SMILES string of the molecule is Cc1ccc2c(c1)nnn2N1C(=O)c2cccc3cccc(c23)C1=O. The van der Waals surface area contributed by atoms with Crippen LogP contribution in [0.15, 0.2) is 54.6 Å². The van der Waals surface area contributed by atoms with Gasteiger partial charge in [0.15, 0.2) is 0 Å². The minimum atomic E-state index is -0.401. The molecule has 0 bridgehead atoms. The number of fused-ring (bicyclic) bond motifs is 1. The summed E-state index contributed by atoms with van der Waals surface area (Å²) in [4.78, 5) is 27.4. The lowest BCUT2D eigenvalue weighted by molar-refractivity contribution is 0.0846. The highest BCUT2D eigenvalue weighted by Crippen LogP contribution is 2.30. The van der Waals surface area contributed by atoms with Gasteiger partial charge in [0.05, 0.1) is 11.1 Å². The number of carbonyl (C=O) groups is 2. The highest BCUT2D eigenvalue weighted by Gasteiger charge is 2.35. The average molecular weight is 328 g/mol.